The lowest BCUT2D eigenvalue weighted by molar-refractivity contribution is -0.115. The monoisotopic (exact) mass is 483 g/mol. The number of rotatable bonds is 11. The molecule has 2 aromatic rings. The van der Waals surface area contributed by atoms with Crippen molar-refractivity contribution in [1.82, 2.24) is 9.80 Å². The van der Waals surface area contributed by atoms with E-state index in [1.807, 2.05) is 60.7 Å². The van der Waals surface area contributed by atoms with Gasteiger partial charge < -0.3 is 19.6 Å². The molecular weight excluding hydrogens is 454 g/mol. The highest BCUT2D eigenvalue weighted by molar-refractivity contribution is 7.80. The van der Waals surface area contributed by atoms with E-state index in [0.717, 1.165) is 11.1 Å². The van der Waals surface area contributed by atoms with Crippen LogP contribution < -0.4 is 0 Å². The number of likely N-dealkylation sites (N-methyl/N-ethyl adjacent to an activating group) is 2. The largest absolute Gasteiger partial charge is 0.510 e. The second-order valence-corrected chi connectivity index (χ2v) is 8.14. The smallest absolute Gasteiger partial charge is 0.187 e. The van der Waals surface area contributed by atoms with E-state index >= 15 is 0 Å². The van der Waals surface area contributed by atoms with E-state index in [2.05, 4.69) is 4.99 Å². The molecule has 1 N–H and O–H groups in total. The van der Waals surface area contributed by atoms with Gasteiger partial charge in [-0.15, -0.1) is 0 Å². The van der Waals surface area contributed by atoms with Crippen molar-refractivity contribution < 1.29 is 14.6 Å². The first kappa shape index (κ1) is 26.3. The number of nitrogens with zero attached hydrogens (tertiary/aromatic N) is 3. The number of thiocarbonyl (C=S) groups is 2. The van der Waals surface area contributed by atoms with Gasteiger partial charge in [0.25, 0.3) is 0 Å². The summed E-state index contributed by atoms with van der Waals surface area (Å²) in [4.78, 5) is 21.9. The molecule has 6 nitrogen and oxygen atoms in total. The molecule has 0 aliphatic rings. The summed E-state index contributed by atoms with van der Waals surface area (Å²) >= 11 is 11.0. The molecule has 0 aromatic heterocycles. The van der Waals surface area contributed by atoms with Gasteiger partial charge in [0, 0.05) is 38.5 Å². The summed E-state index contributed by atoms with van der Waals surface area (Å²) in [6.07, 6.45) is 1.40. The van der Waals surface area contributed by atoms with Gasteiger partial charge in [0.15, 0.2) is 5.78 Å². The molecule has 0 spiro atoms. The van der Waals surface area contributed by atoms with Crippen LogP contribution in [0.15, 0.2) is 77.0 Å². The highest BCUT2D eigenvalue weighted by Crippen LogP contribution is 2.11. The minimum Gasteiger partial charge on any atom is -0.510 e. The van der Waals surface area contributed by atoms with E-state index in [1.54, 1.807) is 31.0 Å². The zero-order valence-electron chi connectivity index (χ0n) is 19.1. The van der Waals surface area contributed by atoms with Crippen LogP contribution in [0.3, 0.4) is 0 Å². The number of aliphatic imine (C=N–C) groups is 1. The summed E-state index contributed by atoms with van der Waals surface area (Å²) in [6, 6.07) is 19.0. The zero-order valence-corrected chi connectivity index (χ0v) is 20.7. The molecule has 0 radical (unpaired) electrons. The Morgan fingerprint density at radius 2 is 1.42 bits per heavy atom. The second-order valence-electron chi connectivity index (χ2n) is 7.37. The number of benzene rings is 2. The Kier molecular flexibility index (Phi) is 10.8. The number of aliphatic hydroxyl groups is 1. The molecule has 0 saturated heterocycles. The Labute approximate surface area is 206 Å². The first-order chi connectivity index (χ1) is 15.8. The molecule has 174 valence electrons. The average Bonchev–Trinajstić information content (AvgIpc) is 2.83. The van der Waals surface area contributed by atoms with Gasteiger partial charge in [-0.3, -0.25) is 9.79 Å². The molecule has 0 atom stereocenters. The molecule has 0 aliphatic carbocycles. The summed E-state index contributed by atoms with van der Waals surface area (Å²) in [7, 11) is 5.10. The van der Waals surface area contributed by atoms with Crippen molar-refractivity contribution >= 4 is 46.4 Å². The Bertz CT molecular complexity index is 1010. The molecule has 0 fully saturated rings. The topological polar surface area (TPSA) is 65.4 Å². The van der Waals surface area contributed by atoms with Gasteiger partial charge >= 0.3 is 0 Å². The summed E-state index contributed by atoms with van der Waals surface area (Å²) < 4.78 is 5.01. The van der Waals surface area contributed by atoms with Crippen LogP contribution >= 0.6 is 24.4 Å². The zero-order chi connectivity index (χ0) is 24.2. The molecular formula is C25H29N3O3S2. The first-order valence-corrected chi connectivity index (χ1v) is 11.2. The van der Waals surface area contributed by atoms with Gasteiger partial charge in [-0.2, -0.15) is 0 Å². The van der Waals surface area contributed by atoms with Crippen molar-refractivity contribution in [3.63, 3.8) is 0 Å². The minimum atomic E-state index is -0.298. The van der Waals surface area contributed by atoms with E-state index in [-0.39, 0.29) is 30.2 Å². The van der Waals surface area contributed by atoms with Gasteiger partial charge in [0.2, 0.25) is 0 Å². The third-order valence-electron chi connectivity index (χ3n) is 4.76. The van der Waals surface area contributed by atoms with Crippen molar-refractivity contribution in [2.75, 3.05) is 47.4 Å². The van der Waals surface area contributed by atoms with Crippen LogP contribution in [0.5, 0.6) is 0 Å². The van der Waals surface area contributed by atoms with Gasteiger partial charge in [-0.05, 0) is 0 Å². The summed E-state index contributed by atoms with van der Waals surface area (Å²) in [5, 5.41) is 10.9. The van der Waals surface area contributed by atoms with E-state index < -0.39 is 0 Å². The SMILES string of the molecule is COCCN=C/C(C(=O)CN(C)C(=S)c1ccccc1)=C(/O)CN(C)C(=S)c1ccccc1. The number of hydrogen-bond donors (Lipinski definition) is 1. The van der Waals surface area contributed by atoms with Gasteiger partial charge in [-0.25, -0.2) is 0 Å². The molecule has 0 saturated carbocycles. The third-order valence-corrected chi connectivity index (χ3v) is 5.85. The van der Waals surface area contributed by atoms with Crippen LogP contribution in [0.2, 0.25) is 0 Å². The Morgan fingerprint density at radius 3 is 1.91 bits per heavy atom. The number of Topliss-reactive ketones (excluding diaryl/α,β-unsaturated/α-hetero) is 1. The molecule has 0 aliphatic heterocycles. The molecule has 33 heavy (non-hydrogen) atoms. The van der Waals surface area contributed by atoms with Crippen LogP contribution in [0.25, 0.3) is 0 Å². The van der Waals surface area contributed by atoms with E-state index in [0.29, 0.717) is 23.1 Å². The Morgan fingerprint density at radius 1 is 0.939 bits per heavy atom. The lowest BCUT2D eigenvalue weighted by atomic mass is 10.1. The maximum Gasteiger partial charge on any atom is 0.187 e. The fourth-order valence-electron chi connectivity index (χ4n) is 2.96. The number of ketones is 1. The maximum absolute atomic E-state index is 13.1. The van der Waals surface area contributed by atoms with Gasteiger partial charge in [0.1, 0.15) is 15.7 Å². The predicted molar refractivity (Wildman–Crippen MR) is 141 cm³/mol. The van der Waals surface area contributed by atoms with Crippen LogP contribution in [-0.2, 0) is 9.53 Å². The predicted octanol–water partition coefficient (Wildman–Crippen LogP) is 3.70. The summed E-state index contributed by atoms with van der Waals surface area (Å²) in [5.74, 6) is -0.408. The molecule has 2 aromatic carbocycles. The highest BCUT2D eigenvalue weighted by Gasteiger charge is 2.19. The summed E-state index contributed by atoms with van der Waals surface area (Å²) in [6.45, 7) is 0.847. The molecule has 0 bridgehead atoms. The molecule has 8 heteroatoms. The quantitative estimate of drug-likeness (QED) is 0.172. The standard InChI is InChI=1S/C25H29N3O3S2/c1-27(24(32)19-10-6-4-7-11-19)17-22(29)21(16-26-14-15-31-3)23(30)18-28(2)25(33)20-12-8-5-9-13-20/h4-13,16,29H,14-15,17-18H2,1-3H3/b22-21-,26-16?. The van der Waals surface area contributed by atoms with Gasteiger partial charge in [-0.1, -0.05) is 85.1 Å². The van der Waals surface area contributed by atoms with Gasteiger partial charge in [0.05, 0.1) is 31.8 Å². The number of ether oxygens (including phenoxy) is 1. The van der Waals surface area contributed by atoms with E-state index in [9.17, 15) is 9.90 Å². The van der Waals surface area contributed by atoms with Crippen molar-refractivity contribution in [3.05, 3.63) is 83.1 Å². The second kappa shape index (κ2) is 13.6. The maximum atomic E-state index is 13.1. The molecule has 0 heterocycles. The Hall–Kier alpha value is -2.94. The lowest BCUT2D eigenvalue weighted by Gasteiger charge is -2.22. The van der Waals surface area contributed by atoms with Crippen LogP contribution in [-0.4, -0.2) is 84.3 Å². The van der Waals surface area contributed by atoms with E-state index in [4.69, 9.17) is 29.2 Å². The first-order valence-electron chi connectivity index (χ1n) is 10.4. The normalized spacial score (nSPS) is 11.7. The van der Waals surface area contributed by atoms with Crippen molar-refractivity contribution in [2.45, 2.75) is 0 Å². The lowest BCUT2D eigenvalue weighted by Crippen LogP contribution is -2.34. The minimum absolute atomic E-state index is 0.00371. The van der Waals surface area contributed by atoms with Crippen molar-refractivity contribution in [2.24, 2.45) is 4.99 Å². The molecule has 0 unspecified atom stereocenters. The van der Waals surface area contributed by atoms with Crippen molar-refractivity contribution in [3.8, 4) is 0 Å². The summed E-state index contributed by atoms with van der Waals surface area (Å²) in [5.41, 5.74) is 1.83. The fraction of sp³-hybridized carbons (Fsp3) is 0.280. The van der Waals surface area contributed by atoms with Crippen molar-refractivity contribution in [1.29, 1.82) is 0 Å². The van der Waals surface area contributed by atoms with E-state index in [1.165, 1.54) is 6.21 Å². The Balaban J connectivity index is 2.19. The molecule has 2 rings (SSSR count). The number of carbonyl (C=O) groups excluding carboxylic acids is 1. The van der Waals surface area contributed by atoms with Crippen LogP contribution in [0.1, 0.15) is 11.1 Å². The average molecular weight is 484 g/mol. The number of hydrogen-bond acceptors (Lipinski definition) is 6. The highest BCUT2D eigenvalue weighted by atomic mass is 32.1. The molecule has 0 amide bonds. The number of aliphatic hydroxyl groups excluding tert-OH is 1. The number of methoxy groups -OCH3 is 1. The van der Waals surface area contributed by atoms with Crippen LogP contribution in [0, 0.1) is 0 Å². The third kappa shape index (κ3) is 8.16. The van der Waals surface area contributed by atoms with Crippen LogP contribution in [0.4, 0.5) is 0 Å². The fourth-order valence-corrected chi connectivity index (χ4v) is 3.36. The number of carbonyl (C=O) groups is 1.